The Bertz CT molecular complexity index is 570. The van der Waals surface area contributed by atoms with Gasteiger partial charge in [0.25, 0.3) is 0 Å². The minimum absolute atomic E-state index is 0.418. The molecule has 0 aliphatic carbocycles. The second-order valence-corrected chi connectivity index (χ2v) is 3.83. The van der Waals surface area contributed by atoms with Crippen molar-refractivity contribution < 1.29 is 9.47 Å². The minimum Gasteiger partial charge on any atom is -0.496 e. The van der Waals surface area contributed by atoms with Gasteiger partial charge in [-0.3, -0.25) is 0 Å². The molecule has 2 N–H and O–H groups in total. The quantitative estimate of drug-likeness (QED) is 0.896. The number of rotatable bonds is 3. The average Bonchev–Trinajstić information content (AvgIpc) is 2.38. The molecule has 94 valence electrons. The van der Waals surface area contributed by atoms with Crippen LogP contribution in [-0.2, 0) is 0 Å². The molecule has 2 aromatic rings. The number of nitrogen functional groups attached to an aromatic ring is 1. The van der Waals surface area contributed by atoms with Crippen molar-refractivity contribution >= 4 is 5.82 Å². The van der Waals surface area contributed by atoms with E-state index < -0.39 is 0 Å². The fourth-order valence-corrected chi connectivity index (χ4v) is 1.73. The van der Waals surface area contributed by atoms with Gasteiger partial charge in [0, 0.05) is 6.20 Å². The molecule has 1 aromatic heterocycles. The van der Waals surface area contributed by atoms with Gasteiger partial charge in [0.2, 0.25) is 0 Å². The van der Waals surface area contributed by atoms with Gasteiger partial charge in [0.1, 0.15) is 17.3 Å². The van der Waals surface area contributed by atoms with Crippen molar-refractivity contribution in [3.8, 4) is 22.9 Å². The third-order valence-corrected chi connectivity index (χ3v) is 2.63. The van der Waals surface area contributed by atoms with Crippen LogP contribution in [0.25, 0.3) is 11.4 Å². The molecule has 2 rings (SSSR count). The van der Waals surface area contributed by atoms with Gasteiger partial charge in [-0.15, -0.1) is 0 Å². The van der Waals surface area contributed by atoms with E-state index in [1.807, 2.05) is 19.1 Å². The first-order valence-electron chi connectivity index (χ1n) is 5.47. The fraction of sp³-hybridized carbons (Fsp3) is 0.231. The van der Waals surface area contributed by atoms with E-state index in [1.54, 1.807) is 26.5 Å². The maximum atomic E-state index is 5.66. The second kappa shape index (κ2) is 4.91. The molecule has 18 heavy (non-hydrogen) atoms. The number of nitrogens with zero attached hydrogens (tertiary/aromatic N) is 2. The summed E-state index contributed by atoms with van der Waals surface area (Å²) in [6, 6.07) is 5.38. The Balaban J connectivity index is 2.61. The Hall–Kier alpha value is -2.30. The zero-order valence-corrected chi connectivity index (χ0v) is 10.6. The molecular formula is C13H15N3O2. The first-order valence-corrected chi connectivity index (χ1v) is 5.47. The largest absolute Gasteiger partial charge is 0.496 e. The van der Waals surface area contributed by atoms with Gasteiger partial charge in [-0.2, -0.15) is 0 Å². The van der Waals surface area contributed by atoms with Gasteiger partial charge in [-0.05, 0) is 30.7 Å². The standard InChI is InChI=1S/C13H15N3O2/c1-8-6-11(18-3)9(7-10(8)17-2)13-15-5-4-12(14)16-13/h4-7H,1-3H3,(H2,14,15,16). The number of aromatic nitrogens is 2. The highest BCUT2D eigenvalue weighted by molar-refractivity contribution is 5.68. The highest BCUT2D eigenvalue weighted by Crippen LogP contribution is 2.34. The van der Waals surface area contributed by atoms with Gasteiger partial charge >= 0.3 is 0 Å². The molecule has 5 heteroatoms. The molecule has 0 saturated carbocycles. The van der Waals surface area contributed by atoms with Gasteiger partial charge in [0.15, 0.2) is 5.82 Å². The summed E-state index contributed by atoms with van der Waals surface area (Å²) >= 11 is 0. The van der Waals surface area contributed by atoms with E-state index in [-0.39, 0.29) is 0 Å². The molecule has 1 aromatic carbocycles. The number of anilines is 1. The van der Waals surface area contributed by atoms with Gasteiger partial charge in [0.05, 0.1) is 19.8 Å². The predicted molar refractivity (Wildman–Crippen MR) is 69.7 cm³/mol. The van der Waals surface area contributed by atoms with E-state index in [4.69, 9.17) is 15.2 Å². The molecule has 0 atom stereocenters. The lowest BCUT2D eigenvalue weighted by molar-refractivity contribution is 0.401. The Morgan fingerprint density at radius 1 is 1.11 bits per heavy atom. The summed E-state index contributed by atoms with van der Waals surface area (Å²) in [6.45, 7) is 1.95. The smallest absolute Gasteiger partial charge is 0.165 e. The van der Waals surface area contributed by atoms with Crippen molar-refractivity contribution in [2.45, 2.75) is 6.92 Å². The summed E-state index contributed by atoms with van der Waals surface area (Å²) in [5.74, 6) is 2.39. The van der Waals surface area contributed by atoms with Crippen LogP contribution in [0.1, 0.15) is 5.56 Å². The molecule has 0 amide bonds. The molecule has 0 unspecified atom stereocenters. The molecule has 0 fully saturated rings. The monoisotopic (exact) mass is 245 g/mol. The highest BCUT2D eigenvalue weighted by Gasteiger charge is 2.12. The molecule has 1 heterocycles. The molecule has 0 aliphatic heterocycles. The van der Waals surface area contributed by atoms with Crippen molar-refractivity contribution in [2.24, 2.45) is 0 Å². The van der Waals surface area contributed by atoms with Gasteiger partial charge < -0.3 is 15.2 Å². The van der Waals surface area contributed by atoms with Crippen LogP contribution in [0.2, 0.25) is 0 Å². The van der Waals surface area contributed by atoms with Crippen LogP contribution in [0.4, 0.5) is 5.82 Å². The van der Waals surface area contributed by atoms with Crippen molar-refractivity contribution in [3.05, 3.63) is 30.0 Å². The first kappa shape index (κ1) is 12.2. The molecule has 5 nitrogen and oxygen atoms in total. The van der Waals surface area contributed by atoms with E-state index >= 15 is 0 Å². The topological polar surface area (TPSA) is 70.3 Å². The van der Waals surface area contributed by atoms with Gasteiger partial charge in [-0.25, -0.2) is 9.97 Å². The van der Waals surface area contributed by atoms with Crippen molar-refractivity contribution in [3.63, 3.8) is 0 Å². The van der Waals surface area contributed by atoms with E-state index in [1.165, 1.54) is 0 Å². The summed E-state index contributed by atoms with van der Waals surface area (Å²) in [5, 5.41) is 0. The van der Waals surface area contributed by atoms with Crippen LogP contribution < -0.4 is 15.2 Å². The van der Waals surface area contributed by atoms with E-state index in [2.05, 4.69) is 9.97 Å². The third kappa shape index (κ3) is 2.20. The normalized spacial score (nSPS) is 10.2. The molecular weight excluding hydrogens is 230 g/mol. The first-order chi connectivity index (χ1) is 8.65. The number of benzene rings is 1. The molecule has 0 bridgehead atoms. The highest BCUT2D eigenvalue weighted by atomic mass is 16.5. The fourth-order valence-electron chi connectivity index (χ4n) is 1.73. The Kier molecular flexibility index (Phi) is 3.32. The molecule has 0 aliphatic rings. The zero-order valence-electron chi connectivity index (χ0n) is 10.6. The Morgan fingerprint density at radius 2 is 1.83 bits per heavy atom. The van der Waals surface area contributed by atoms with Crippen LogP contribution >= 0.6 is 0 Å². The number of hydrogen-bond donors (Lipinski definition) is 1. The van der Waals surface area contributed by atoms with E-state index in [9.17, 15) is 0 Å². The van der Waals surface area contributed by atoms with E-state index in [0.29, 0.717) is 17.4 Å². The Morgan fingerprint density at radius 3 is 2.44 bits per heavy atom. The number of methoxy groups -OCH3 is 2. The summed E-state index contributed by atoms with van der Waals surface area (Å²) in [7, 11) is 3.23. The predicted octanol–water partition coefficient (Wildman–Crippen LogP) is 2.05. The van der Waals surface area contributed by atoms with Crippen LogP contribution in [0.15, 0.2) is 24.4 Å². The van der Waals surface area contributed by atoms with Crippen molar-refractivity contribution in [2.75, 3.05) is 20.0 Å². The van der Waals surface area contributed by atoms with E-state index in [0.717, 1.165) is 16.9 Å². The summed E-state index contributed by atoms with van der Waals surface area (Å²) in [4.78, 5) is 8.39. The lowest BCUT2D eigenvalue weighted by atomic mass is 10.1. The molecule has 0 saturated heterocycles. The molecule has 0 radical (unpaired) electrons. The lowest BCUT2D eigenvalue weighted by Crippen LogP contribution is -1.98. The van der Waals surface area contributed by atoms with Crippen molar-refractivity contribution in [1.29, 1.82) is 0 Å². The van der Waals surface area contributed by atoms with Gasteiger partial charge in [-0.1, -0.05) is 0 Å². The van der Waals surface area contributed by atoms with Crippen LogP contribution in [0.5, 0.6) is 11.5 Å². The SMILES string of the molecule is COc1cc(-c2nccc(N)n2)c(OC)cc1C. The summed E-state index contributed by atoms with van der Waals surface area (Å²) in [5.41, 5.74) is 7.41. The maximum Gasteiger partial charge on any atom is 0.165 e. The Labute approximate surface area is 106 Å². The summed E-state index contributed by atoms with van der Waals surface area (Å²) < 4.78 is 10.6. The number of aryl methyl sites for hydroxylation is 1. The average molecular weight is 245 g/mol. The van der Waals surface area contributed by atoms with Crippen LogP contribution in [0, 0.1) is 6.92 Å². The van der Waals surface area contributed by atoms with Crippen molar-refractivity contribution in [1.82, 2.24) is 9.97 Å². The second-order valence-electron chi connectivity index (χ2n) is 3.83. The number of hydrogen-bond acceptors (Lipinski definition) is 5. The lowest BCUT2D eigenvalue weighted by Gasteiger charge is -2.12. The molecule has 0 spiro atoms. The minimum atomic E-state index is 0.418. The zero-order chi connectivity index (χ0) is 13.1. The van der Waals surface area contributed by atoms with Crippen LogP contribution in [0.3, 0.4) is 0 Å². The third-order valence-electron chi connectivity index (χ3n) is 2.63. The van der Waals surface area contributed by atoms with Crippen LogP contribution in [-0.4, -0.2) is 24.2 Å². The number of ether oxygens (including phenoxy) is 2. The maximum absolute atomic E-state index is 5.66. The summed E-state index contributed by atoms with van der Waals surface area (Å²) in [6.07, 6.45) is 1.61. The number of nitrogens with two attached hydrogens (primary N) is 1.